The second-order valence-electron chi connectivity index (χ2n) is 3.06. The minimum Gasteiger partial charge on any atom is -0.495 e. The maximum Gasteiger partial charge on any atom is 0.221 e. The van der Waals surface area contributed by atoms with Crippen LogP contribution in [0.15, 0.2) is 12.1 Å². The molecule has 0 unspecified atom stereocenters. The third-order valence-corrected chi connectivity index (χ3v) is 2.27. The lowest BCUT2D eigenvalue weighted by Crippen LogP contribution is -2.14. The number of aryl methyl sites for hydroxylation is 1. The highest BCUT2D eigenvalue weighted by Crippen LogP contribution is 2.27. The van der Waals surface area contributed by atoms with Gasteiger partial charge in [-0.15, -0.1) is 0 Å². The summed E-state index contributed by atoms with van der Waals surface area (Å²) in [5.74, 6) is 0.242. The van der Waals surface area contributed by atoms with E-state index in [1.807, 2.05) is 6.92 Å². The molecule has 1 aromatic carbocycles. The van der Waals surface area contributed by atoms with Crippen molar-refractivity contribution in [1.82, 2.24) is 0 Å². The second kappa shape index (κ2) is 4.33. The summed E-state index contributed by atoms with van der Waals surface area (Å²) in [4.78, 5) is 10.7. The summed E-state index contributed by atoms with van der Waals surface area (Å²) < 4.78 is 5.04. The van der Waals surface area contributed by atoms with E-state index in [0.717, 1.165) is 11.1 Å². The first kappa shape index (κ1) is 10.9. The van der Waals surface area contributed by atoms with Crippen molar-refractivity contribution in [1.29, 1.82) is 0 Å². The minimum atomic E-state index is -0.366. The van der Waals surface area contributed by atoms with Crippen LogP contribution < -0.4 is 10.5 Å². The third-order valence-electron chi connectivity index (χ3n) is 1.98. The van der Waals surface area contributed by atoms with E-state index in [1.165, 1.54) is 0 Å². The third kappa shape index (κ3) is 2.39. The van der Waals surface area contributed by atoms with Crippen LogP contribution in [0, 0.1) is 6.92 Å². The number of halogens is 1. The lowest BCUT2D eigenvalue weighted by atomic mass is 10.1. The molecule has 0 spiro atoms. The maximum absolute atomic E-state index is 10.7. The molecule has 14 heavy (non-hydrogen) atoms. The number of primary amides is 1. The molecule has 0 aromatic heterocycles. The van der Waals surface area contributed by atoms with Crippen molar-refractivity contribution < 1.29 is 9.53 Å². The summed E-state index contributed by atoms with van der Waals surface area (Å²) in [5, 5.41) is 0.495. The van der Waals surface area contributed by atoms with Gasteiger partial charge in [-0.1, -0.05) is 11.6 Å². The Morgan fingerprint density at radius 2 is 2.21 bits per heavy atom. The number of rotatable bonds is 3. The number of ether oxygens (including phenoxy) is 1. The van der Waals surface area contributed by atoms with Crippen LogP contribution in [0.4, 0.5) is 0 Å². The summed E-state index contributed by atoms with van der Waals surface area (Å²) in [6.45, 7) is 1.89. The van der Waals surface area contributed by atoms with Gasteiger partial charge in [0.2, 0.25) is 5.91 Å². The van der Waals surface area contributed by atoms with Crippen LogP contribution in [-0.2, 0) is 11.2 Å². The van der Waals surface area contributed by atoms with Crippen LogP contribution in [0.2, 0.25) is 5.02 Å². The van der Waals surface area contributed by atoms with Crippen LogP contribution in [-0.4, -0.2) is 13.0 Å². The monoisotopic (exact) mass is 213 g/mol. The fourth-order valence-corrected chi connectivity index (χ4v) is 1.49. The molecule has 0 aliphatic carbocycles. The fraction of sp³-hybridized carbons (Fsp3) is 0.300. The van der Waals surface area contributed by atoms with E-state index in [9.17, 15) is 4.79 Å². The van der Waals surface area contributed by atoms with E-state index in [1.54, 1.807) is 19.2 Å². The van der Waals surface area contributed by atoms with Gasteiger partial charge in [0.25, 0.3) is 0 Å². The molecule has 0 bridgehead atoms. The van der Waals surface area contributed by atoms with E-state index in [2.05, 4.69) is 0 Å². The molecule has 0 aliphatic rings. The second-order valence-corrected chi connectivity index (χ2v) is 3.46. The van der Waals surface area contributed by atoms with Crippen molar-refractivity contribution in [2.24, 2.45) is 5.73 Å². The van der Waals surface area contributed by atoms with Gasteiger partial charge in [0.05, 0.1) is 18.6 Å². The smallest absolute Gasteiger partial charge is 0.221 e. The van der Waals surface area contributed by atoms with Crippen molar-refractivity contribution in [3.8, 4) is 5.75 Å². The molecule has 4 heteroatoms. The summed E-state index contributed by atoms with van der Waals surface area (Å²) in [5.41, 5.74) is 6.89. The Morgan fingerprint density at radius 3 is 2.71 bits per heavy atom. The lowest BCUT2D eigenvalue weighted by molar-refractivity contribution is -0.117. The summed E-state index contributed by atoms with van der Waals surface area (Å²) in [6.07, 6.45) is 0.204. The fourth-order valence-electron chi connectivity index (χ4n) is 1.23. The highest BCUT2D eigenvalue weighted by Gasteiger charge is 2.07. The first-order chi connectivity index (χ1) is 6.54. The van der Waals surface area contributed by atoms with Gasteiger partial charge in [0.1, 0.15) is 5.75 Å². The van der Waals surface area contributed by atoms with Crippen LogP contribution in [0.3, 0.4) is 0 Å². The van der Waals surface area contributed by atoms with Gasteiger partial charge in [-0.3, -0.25) is 4.79 Å². The maximum atomic E-state index is 10.7. The number of hydrogen-bond donors (Lipinski definition) is 1. The van der Waals surface area contributed by atoms with Crippen molar-refractivity contribution in [2.45, 2.75) is 13.3 Å². The molecule has 0 saturated carbocycles. The van der Waals surface area contributed by atoms with Crippen molar-refractivity contribution >= 4 is 17.5 Å². The average molecular weight is 214 g/mol. The van der Waals surface area contributed by atoms with Gasteiger partial charge in [-0.25, -0.2) is 0 Å². The van der Waals surface area contributed by atoms with Gasteiger partial charge in [0.15, 0.2) is 0 Å². The van der Waals surface area contributed by atoms with Gasteiger partial charge in [-0.2, -0.15) is 0 Å². The predicted octanol–water partition coefficient (Wildman–Crippen LogP) is 1.68. The zero-order valence-corrected chi connectivity index (χ0v) is 8.89. The Labute approximate surface area is 87.8 Å². The number of benzene rings is 1. The van der Waals surface area contributed by atoms with Crippen molar-refractivity contribution in [2.75, 3.05) is 7.11 Å². The van der Waals surface area contributed by atoms with Gasteiger partial charge in [0, 0.05) is 0 Å². The molecule has 1 amide bonds. The Hall–Kier alpha value is -1.22. The number of carbonyl (C=O) groups excluding carboxylic acids is 1. The quantitative estimate of drug-likeness (QED) is 0.831. The highest BCUT2D eigenvalue weighted by molar-refractivity contribution is 6.32. The van der Waals surface area contributed by atoms with Crippen LogP contribution in [0.5, 0.6) is 5.75 Å². The zero-order chi connectivity index (χ0) is 10.7. The molecule has 1 aromatic rings. The molecule has 3 nitrogen and oxygen atoms in total. The predicted molar refractivity (Wildman–Crippen MR) is 55.6 cm³/mol. The van der Waals surface area contributed by atoms with Gasteiger partial charge >= 0.3 is 0 Å². The van der Waals surface area contributed by atoms with Crippen LogP contribution >= 0.6 is 11.6 Å². The van der Waals surface area contributed by atoms with Crippen LogP contribution in [0.1, 0.15) is 11.1 Å². The first-order valence-electron chi connectivity index (χ1n) is 4.16. The topological polar surface area (TPSA) is 52.3 Å². The van der Waals surface area contributed by atoms with Crippen molar-refractivity contribution in [3.05, 3.63) is 28.3 Å². The largest absolute Gasteiger partial charge is 0.495 e. The molecular weight excluding hydrogens is 202 g/mol. The summed E-state index contributed by atoms with van der Waals surface area (Å²) in [7, 11) is 1.55. The first-order valence-corrected chi connectivity index (χ1v) is 4.53. The van der Waals surface area contributed by atoms with E-state index in [0.29, 0.717) is 10.8 Å². The van der Waals surface area contributed by atoms with E-state index >= 15 is 0 Å². The lowest BCUT2D eigenvalue weighted by Gasteiger charge is -2.08. The summed E-state index contributed by atoms with van der Waals surface area (Å²) >= 11 is 5.91. The highest BCUT2D eigenvalue weighted by atomic mass is 35.5. The summed E-state index contributed by atoms with van der Waals surface area (Å²) in [6, 6.07) is 3.50. The molecule has 0 saturated heterocycles. The number of amides is 1. The molecule has 1 rings (SSSR count). The molecule has 0 heterocycles. The Bertz CT molecular complexity index is 363. The Morgan fingerprint density at radius 1 is 1.57 bits per heavy atom. The molecule has 0 atom stereocenters. The van der Waals surface area contributed by atoms with Gasteiger partial charge < -0.3 is 10.5 Å². The molecule has 2 N–H and O–H groups in total. The van der Waals surface area contributed by atoms with E-state index in [-0.39, 0.29) is 12.3 Å². The standard InChI is InChI=1S/C10H12ClNO2/c1-6-3-9(14-2)8(11)4-7(6)5-10(12)13/h3-4H,5H2,1-2H3,(H2,12,13). The number of carbonyl (C=O) groups is 1. The number of methoxy groups -OCH3 is 1. The molecular formula is C10H12ClNO2. The van der Waals surface area contributed by atoms with E-state index in [4.69, 9.17) is 22.1 Å². The Balaban J connectivity index is 3.08. The number of nitrogens with two attached hydrogens (primary N) is 1. The Kier molecular flexibility index (Phi) is 3.36. The van der Waals surface area contributed by atoms with E-state index < -0.39 is 0 Å². The average Bonchev–Trinajstić information content (AvgIpc) is 2.10. The van der Waals surface area contributed by atoms with Crippen LogP contribution in [0.25, 0.3) is 0 Å². The molecule has 76 valence electrons. The number of hydrogen-bond acceptors (Lipinski definition) is 2. The normalized spacial score (nSPS) is 9.93. The minimum absolute atomic E-state index is 0.204. The SMILES string of the molecule is COc1cc(C)c(CC(N)=O)cc1Cl. The zero-order valence-electron chi connectivity index (χ0n) is 8.13. The molecule has 0 aliphatic heterocycles. The van der Waals surface area contributed by atoms with Gasteiger partial charge in [-0.05, 0) is 30.2 Å². The molecule has 0 fully saturated rings. The van der Waals surface area contributed by atoms with Crippen molar-refractivity contribution in [3.63, 3.8) is 0 Å². The molecule has 0 radical (unpaired) electrons.